The van der Waals surface area contributed by atoms with Crippen LogP contribution in [0, 0.1) is 5.82 Å². The number of nitrogens with one attached hydrogen (secondary N) is 1. The summed E-state index contributed by atoms with van der Waals surface area (Å²) in [7, 11) is 1.57. The first-order valence-corrected chi connectivity index (χ1v) is 9.56. The Morgan fingerprint density at radius 1 is 1.16 bits per heavy atom. The molecule has 0 spiro atoms. The van der Waals surface area contributed by atoms with Crippen LogP contribution in [0.25, 0.3) is 0 Å². The lowest BCUT2D eigenvalue weighted by molar-refractivity contribution is -0.120. The summed E-state index contributed by atoms with van der Waals surface area (Å²) in [4.78, 5) is 35.9. The van der Waals surface area contributed by atoms with Gasteiger partial charge < -0.3 is 10.1 Å². The predicted molar refractivity (Wildman–Crippen MR) is 115 cm³/mol. The average molecular weight is 418 g/mol. The summed E-state index contributed by atoms with van der Waals surface area (Å²) in [5.74, 6) is -0.186. The molecule has 1 N–H and O–H groups in total. The molecule has 0 saturated heterocycles. The number of carbonyl (C=O) groups excluding carboxylic acids is 2. The van der Waals surface area contributed by atoms with Gasteiger partial charge in [0.25, 0.3) is 0 Å². The van der Waals surface area contributed by atoms with Crippen LogP contribution in [0.3, 0.4) is 0 Å². The normalized spacial score (nSPS) is 13.2. The zero-order valence-electron chi connectivity index (χ0n) is 16.7. The van der Waals surface area contributed by atoms with E-state index in [9.17, 15) is 14.0 Å². The molecule has 1 aliphatic heterocycles. The molecule has 1 aliphatic rings. The number of aliphatic imine (C=N–C) groups is 1. The van der Waals surface area contributed by atoms with E-state index < -0.39 is 11.7 Å². The lowest BCUT2D eigenvalue weighted by Gasteiger charge is -2.20. The molecule has 2 amide bonds. The van der Waals surface area contributed by atoms with Crippen molar-refractivity contribution in [2.24, 2.45) is 4.99 Å². The molecule has 0 aliphatic carbocycles. The maximum atomic E-state index is 13.1. The maximum absolute atomic E-state index is 13.1. The third kappa shape index (κ3) is 4.58. The van der Waals surface area contributed by atoms with Gasteiger partial charge in [0.2, 0.25) is 11.8 Å². The summed E-state index contributed by atoms with van der Waals surface area (Å²) in [6, 6.07) is 16.1. The van der Waals surface area contributed by atoms with Crippen LogP contribution in [0.5, 0.6) is 5.75 Å². The summed E-state index contributed by atoms with van der Waals surface area (Å²) in [5.41, 5.74) is 2.23. The van der Waals surface area contributed by atoms with Crippen molar-refractivity contribution < 1.29 is 18.7 Å². The van der Waals surface area contributed by atoms with E-state index in [1.807, 2.05) is 18.2 Å². The van der Waals surface area contributed by atoms with Crippen molar-refractivity contribution in [3.8, 4) is 5.75 Å². The quantitative estimate of drug-likeness (QED) is 0.684. The van der Waals surface area contributed by atoms with Gasteiger partial charge in [-0.2, -0.15) is 0 Å². The van der Waals surface area contributed by atoms with E-state index in [-0.39, 0.29) is 18.9 Å². The molecule has 2 heterocycles. The number of ether oxygens (including phenoxy) is 1. The Kier molecular flexibility index (Phi) is 5.70. The number of carbonyl (C=O) groups is 2. The Hall–Kier alpha value is -4.07. The molecule has 0 radical (unpaired) electrons. The van der Waals surface area contributed by atoms with Crippen LogP contribution in [0.1, 0.15) is 12.0 Å². The minimum atomic E-state index is -0.429. The second-order valence-corrected chi connectivity index (χ2v) is 6.85. The highest BCUT2D eigenvalue weighted by atomic mass is 19.1. The number of aromatic nitrogens is 1. The second-order valence-electron chi connectivity index (χ2n) is 6.85. The van der Waals surface area contributed by atoms with Crippen molar-refractivity contribution in [1.82, 2.24) is 4.98 Å². The maximum Gasteiger partial charge on any atom is 0.244 e. The van der Waals surface area contributed by atoms with Crippen LogP contribution >= 0.6 is 0 Å². The highest BCUT2D eigenvalue weighted by Gasteiger charge is 2.27. The van der Waals surface area contributed by atoms with Crippen LogP contribution in [-0.4, -0.2) is 36.2 Å². The van der Waals surface area contributed by atoms with Gasteiger partial charge in [0.15, 0.2) is 5.82 Å². The van der Waals surface area contributed by atoms with E-state index in [2.05, 4.69) is 15.3 Å². The third-order valence-corrected chi connectivity index (χ3v) is 4.73. The van der Waals surface area contributed by atoms with Gasteiger partial charge in [-0.1, -0.05) is 12.1 Å². The number of rotatable bonds is 5. The summed E-state index contributed by atoms with van der Waals surface area (Å²) in [6.07, 6.45) is 1.54. The molecule has 4 rings (SSSR count). The number of amides is 2. The standard InChI is InChI=1S/C23H19FN4O3/c1-31-18-5-2-4-15(12-18)20-13-22(30)28(23-19(27-20)6-3-11-25-23)14-21(29)26-17-9-7-16(24)8-10-17/h2-12H,13-14H2,1H3,(H,26,29). The van der Waals surface area contributed by atoms with Crippen molar-refractivity contribution in [3.05, 3.63) is 78.2 Å². The fourth-order valence-corrected chi connectivity index (χ4v) is 3.24. The van der Waals surface area contributed by atoms with Gasteiger partial charge in [0, 0.05) is 17.4 Å². The first kappa shape index (κ1) is 20.2. The Morgan fingerprint density at radius 2 is 1.97 bits per heavy atom. The number of fused-ring (bicyclic) bond motifs is 1. The van der Waals surface area contributed by atoms with Gasteiger partial charge in [-0.25, -0.2) is 14.4 Å². The number of benzene rings is 2. The Labute approximate surface area is 178 Å². The van der Waals surface area contributed by atoms with Gasteiger partial charge in [0.1, 0.15) is 23.8 Å². The number of methoxy groups -OCH3 is 1. The topological polar surface area (TPSA) is 83.9 Å². The molecule has 156 valence electrons. The summed E-state index contributed by atoms with van der Waals surface area (Å²) in [6.45, 7) is -0.249. The van der Waals surface area contributed by atoms with Gasteiger partial charge in [-0.05, 0) is 48.5 Å². The largest absolute Gasteiger partial charge is 0.497 e. The number of nitrogens with zero attached hydrogens (tertiary/aromatic N) is 3. The predicted octanol–water partition coefficient (Wildman–Crippen LogP) is 3.73. The van der Waals surface area contributed by atoms with E-state index in [4.69, 9.17) is 4.74 Å². The van der Waals surface area contributed by atoms with E-state index in [1.54, 1.807) is 31.5 Å². The van der Waals surface area contributed by atoms with Crippen molar-refractivity contribution in [1.29, 1.82) is 0 Å². The monoisotopic (exact) mass is 418 g/mol. The van der Waals surface area contributed by atoms with E-state index in [1.165, 1.54) is 29.2 Å². The average Bonchev–Trinajstić information content (AvgIpc) is 2.92. The van der Waals surface area contributed by atoms with Crippen LogP contribution in [-0.2, 0) is 9.59 Å². The zero-order chi connectivity index (χ0) is 21.8. The minimum absolute atomic E-state index is 0.00659. The molecule has 0 unspecified atom stereocenters. The smallest absolute Gasteiger partial charge is 0.244 e. The fraction of sp³-hybridized carbons (Fsp3) is 0.130. The zero-order valence-corrected chi connectivity index (χ0v) is 16.7. The van der Waals surface area contributed by atoms with Gasteiger partial charge in [-0.3, -0.25) is 14.5 Å². The molecule has 2 aromatic carbocycles. The second kappa shape index (κ2) is 8.74. The number of hydrogen-bond donors (Lipinski definition) is 1. The van der Waals surface area contributed by atoms with Crippen molar-refractivity contribution in [3.63, 3.8) is 0 Å². The first-order chi connectivity index (χ1) is 15.0. The Bertz CT molecular complexity index is 1160. The van der Waals surface area contributed by atoms with Crippen molar-refractivity contribution in [2.75, 3.05) is 23.9 Å². The molecule has 31 heavy (non-hydrogen) atoms. The highest BCUT2D eigenvalue weighted by molar-refractivity contribution is 6.18. The Morgan fingerprint density at radius 3 is 2.74 bits per heavy atom. The fourth-order valence-electron chi connectivity index (χ4n) is 3.24. The molecule has 0 atom stereocenters. The van der Waals surface area contributed by atoms with Gasteiger partial charge in [-0.15, -0.1) is 0 Å². The lowest BCUT2D eigenvalue weighted by atomic mass is 10.1. The molecule has 0 fully saturated rings. The van der Waals surface area contributed by atoms with E-state index in [0.717, 1.165) is 5.56 Å². The van der Waals surface area contributed by atoms with Gasteiger partial charge >= 0.3 is 0 Å². The van der Waals surface area contributed by atoms with E-state index >= 15 is 0 Å². The molecule has 8 heteroatoms. The molecule has 3 aromatic rings. The minimum Gasteiger partial charge on any atom is -0.497 e. The summed E-state index contributed by atoms with van der Waals surface area (Å²) in [5, 5.41) is 2.66. The van der Waals surface area contributed by atoms with Crippen molar-refractivity contribution in [2.45, 2.75) is 6.42 Å². The number of hydrogen-bond acceptors (Lipinski definition) is 5. The molecule has 0 bridgehead atoms. The number of halogens is 1. The van der Waals surface area contributed by atoms with Crippen LogP contribution in [0.15, 0.2) is 71.9 Å². The molecule has 0 saturated carbocycles. The summed E-state index contributed by atoms with van der Waals surface area (Å²) >= 11 is 0. The number of pyridine rings is 1. The third-order valence-electron chi connectivity index (χ3n) is 4.73. The van der Waals surface area contributed by atoms with Gasteiger partial charge in [0.05, 0.1) is 19.2 Å². The molecule has 7 nitrogen and oxygen atoms in total. The van der Waals surface area contributed by atoms with E-state index in [0.29, 0.717) is 28.7 Å². The molecular formula is C23H19FN4O3. The highest BCUT2D eigenvalue weighted by Crippen LogP contribution is 2.31. The molecule has 1 aromatic heterocycles. The van der Waals surface area contributed by atoms with Crippen molar-refractivity contribution >= 4 is 34.7 Å². The van der Waals surface area contributed by atoms with Crippen LogP contribution in [0.2, 0.25) is 0 Å². The Balaban J connectivity index is 1.61. The summed E-state index contributed by atoms with van der Waals surface area (Å²) < 4.78 is 18.4. The van der Waals surface area contributed by atoms with Crippen LogP contribution in [0.4, 0.5) is 21.6 Å². The van der Waals surface area contributed by atoms with Crippen LogP contribution < -0.4 is 15.0 Å². The number of anilines is 2. The molecular weight excluding hydrogens is 399 g/mol. The lowest BCUT2D eigenvalue weighted by Crippen LogP contribution is -2.39. The SMILES string of the molecule is COc1cccc(C2=Nc3cccnc3N(CC(=O)Nc3ccc(F)cc3)C(=O)C2)c1. The first-order valence-electron chi connectivity index (χ1n) is 9.56.